The molecule has 3 aromatic rings. The number of hydrogen-bond donors (Lipinski definition) is 2. The first-order valence-corrected chi connectivity index (χ1v) is 7.66. The minimum atomic E-state index is 0. The highest BCUT2D eigenvalue weighted by Gasteiger charge is 2.13. The molecule has 4 nitrogen and oxygen atoms in total. The number of H-pyrrole nitrogens is 1. The van der Waals surface area contributed by atoms with Crippen LogP contribution in [0.3, 0.4) is 0 Å². The first kappa shape index (κ1) is 19.9. The Morgan fingerprint density at radius 1 is 1.13 bits per heavy atom. The minimum Gasteiger partial charge on any atom is -0.384 e. The highest BCUT2D eigenvalue weighted by molar-refractivity contribution is 7.98. The Morgan fingerprint density at radius 3 is 2.78 bits per heavy atom. The molecule has 1 aromatic carbocycles. The number of nitrogens with zero attached hydrogens (tertiary/aromatic N) is 2. The number of nitrogens with one attached hydrogen (secondary N) is 2. The zero-order valence-corrected chi connectivity index (χ0v) is 15.4. The summed E-state index contributed by atoms with van der Waals surface area (Å²) in [4.78, 5) is 12.4. The van der Waals surface area contributed by atoms with Crippen LogP contribution in [0, 0.1) is 0 Å². The number of hydrogen-bond acceptors (Lipinski definition) is 4. The van der Waals surface area contributed by atoms with Gasteiger partial charge in [-0.1, -0.05) is 17.8 Å². The zero-order chi connectivity index (χ0) is 13.4. The lowest BCUT2D eigenvalue weighted by Gasteiger charge is -1.97. The van der Waals surface area contributed by atoms with Crippen molar-refractivity contribution in [3.63, 3.8) is 0 Å². The number of aromatic nitrogens is 3. The van der Waals surface area contributed by atoms with Gasteiger partial charge in [0.2, 0.25) is 0 Å². The smallest absolute Gasteiger partial charge is 0.166 e. The number of halogens is 3. The Labute approximate surface area is 157 Å². The van der Waals surface area contributed by atoms with Gasteiger partial charge in [0.15, 0.2) is 5.16 Å². The Balaban J connectivity index is 0.000000882. The fraction of sp³-hybridized carbons (Fsp3) is 0.200. The quantitative estimate of drug-likeness (QED) is 0.646. The van der Waals surface area contributed by atoms with Crippen molar-refractivity contribution in [3.8, 4) is 0 Å². The topological polar surface area (TPSA) is 53.6 Å². The predicted octanol–water partition coefficient (Wildman–Crippen LogP) is 4.48. The second-order valence-corrected chi connectivity index (χ2v) is 5.82. The second-order valence-electron chi connectivity index (χ2n) is 4.85. The van der Waals surface area contributed by atoms with Gasteiger partial charge in [-0.15, -0.1) is 37.2 Å². The largest absolute Gasteiger partial charge is 0.384 e. The van der Waals surface area contributed by atoms with Crippen molar-refractivity contribution in [2.45, 2.75) is 17.3 Å². The SMILES string of the molecule is Cl.Cl.Cl.c1ccc(CSc2nc3cc4c(cc3[nH]2)CCN4)nc1. The van der Waals surface area contributed by atoms with Gasteiger partial charge < -0.3 is 10.3 Å². The van der Waals surface area contributed by atoms with Crippen molar-refractivity contribution >= 4 is 65.7 Å². The van der Waals surface area contributed by atoms with Crippen LogP contribution in [0.4, 0.5) is 5.69 Å². The maximum absolute atomic E-state index is 4.64. The maximum atomic E-state index is 4.64. The maximum Gasteiger partial charge on any atom is 0.166 e. The number of thioether (sulfide) groups is 1. The predicted molar refractivity (Wildman–Crippen MR) is 104 cm³/mol. The number of imidazole rings is 1. The van der Waals surface area contributed by atoms with Crippen LogP contribution in [0.15, 0.2) is 41.7 Å². The summed E-state index contributed by atoms with van der Waals surface area (Å²) in [7, 11) is 0. The Kier molecular flexibility index (Phi) is 7.48. The molecule has 4 rings (SSSR count). The summed E-state index contributed by atoms with van der Waals surface area (Å²) >= 11 is 1.69. The zero-order valence-electron chi connectivity index (χ0n) is 12.1. The molecule has 0 spiro atoms. The van der Waals surface area contributed by atoms with Crippen molar-refractivity contribution in [1.29, 1.82) is 0 Å². The van der Waals surface area contributed by atoms with Gasteiger partial charge in [-0.05, 0) is 36.2 Å². The van der Waals surface area contributed by atoms with E-state index < -0.39 is 0 Å². The highest BCUT2D eigenvalue weighted by atomic mass is 35.5. The van der Waals surface area contributed by atoms with Gasteiger partial charge in [-0.2, -0.15) is 0 Å². The second kappa shape index (κ2) is 8.64. The molecular weight excluding hydrogens is 375 g/mol. The lowest BCUT2D eigenvalue weighted by Crippen LogP contribution is -1.90. The lowest BCUT2D eigenvalue weighted by atomic mass is 10.1. The molecular formula is C15H17Cl3N4S. The van der Waals surface area contributed by atoms with E-state index in [0.717, 1.165) is 40.6 Å². The molecule has 1 aliphatic rings. The van der Waals surface area contributed by atoms with Crippen molar-refractivity contribution in [2.24, 2.45) is 0 Å². The van der Waals surface area contributed by atoms with Gasteiger partial charge >= 0.3 is 0 Å². The molecule has 2 N–H and O–H groups in total. The third-order valence-corrected chi connectivity index (χ3v) is 4.38. The normalized spacial score (nSPS) is 11.7. The number of anilines is 1. The van der Waals surface area contributed by atoms with E-state index in [1.165, 1.54) is 11.3 Å². The fourth-order valence-electron chi connectivity index (χ4n) is 2.48. The van der Waals surface area contributed by atoms with Crippen LogP contribution in [0.2, 0.25) is 0 Å². The molecule has 0 saturated carbocycles. The summed E-state index contributed by atoms with van der Waals surface area (Å²) in [6.45, 7) is 1.03. The van der Waals surface area contributed by atoms with E-state index in [4.69, 9.17) is 0 Å². The van der Waals surface area contributed by atoms with Crippen LogP contribution in [-0.4, -0.2) is 21.5 Å². The van der Waals surface area contributed by atoms with E-state index in [0.29, 0.717) is 0 Å². The summed E-state index contributed by atoms with van der Waals surface area (Å²) < 4.78 is 0. The number of aromatic amines is 1. The standard InChI is InChI=1S/C15H14N4S.3ClH/c1-2-5-16-11(3-1)9-20-15-18-13-7-10-4-6-17-12(10)8-14(13)19-15;;;/h1-3,5,7-8,17H,4,6,9H2,(H,18,19);3*1H. The molecule has 0 fully saturated rings. The summed E-state index contributed by atoms with van der Waals surface area (Å²) in [5, 5.41) is 4.34. The molecule has 2 aromatic heterocycles. The van der Waals surface area contributed by atoms with Crippen molar-refractivity contribution in [3.05, 3.63) is 47.8 Å². The fourth-order valence-corrected chi connectivity index (χ4v) is 3.28. The van der Waals surface area contributed by atoms with Crippen LogP contribution in [0.5, 0.6) is 0 Å². The Hall–Kier alpha value is -1.14. The molecule has 0 radical (unpaired) electrons. The molecule has 23 heavy (non-hydrogen) atoms. The first-order valence-electron chi connectivity index (χ1n) is 6.68. The lowest BCUT2D eigenvalue weighted by molar-refractivity contribution is 1.07. The van der Waals surface area contributed by atoms with E-state index in [2.05, 4.69) is 32.4 Å². The average molecular weight is 392 g/mol. The highest BCUT2D eigenvalue weighted by Crippen LogP contribution is 2.29. The van der Waals surface area contributed by atoms with Crippen LogP contribution in [0.1, 0.15) is 11.3 Å². The number of rotatable bonds is 3. The van der Waals surface area contributed by atoms with Crippen LogP contribution >= 0.6 is 49.0 Å². The monoisotopic (exact) mass is 390 g/mol. The summed E-state index contributed by atoms with van der Waals surface area (Å²) in [6, 6.07) is 10.3. The van der Waals surface area contributed by atoms with Crippen LogP contribution < -0.4 is 5.32 Å². The third kappa shape index (κ3) is 4.23. The molecule has 0 unspecified atom stereocenters. The van der Waals surface area contributed by atoms with Crippen LogP contribution in [-0.2, 0) is 12.2 Å². The summed E-state index contributed by atoms with van der Waals surface area (Å²) in [5.41, 5.74) is 5.83. The third-order valence-electron chi connectivity index (χ3n) is 3.48. The minimum absolute atomic E-state index is 0. The molecule has 0 saturated heterocycles. The van der Waals surface area contributed by atoms with E-state index in [1.807, 2.05) is 24.4 Å². The van der Waals surface area contributed by atoms with Crippen LogP contribution in [0.25, 0.3) is 11.0 Å². The molecule has 0 amide bonds. The molecule has 124 valence electrons. The van der Waals surface area contributed by atoms with Gasteiger partial charge in [-0.25, -0.2) is 4.98 Å². The molecule has 3 heterocycles. The Bertz CT molecular complexity index is 723. The van der Waals surface area contributed by atoms with Crippen molar-refractivity contribution < 1.29 is 0 Å². The summed E-state index contributed by atoms with van der Waals surface area (Å²) in [6.07, 6.45) is 2.92. The summed E-state index contributed by atoms with van der Waals surface area (Å²) in [5.74, 6) is 0.832. The molecule has 0 atom stereocenters. The number of benzene rings is 1. The first-order chi connectivity index (χ1) is 9.88. The van der Waals surface area contributed by atoms with Gasteiger partial charge in [0.05, 0.1) is 16.7 Å². The average Bonchev–Trinajstić information content (AvgIpc) is 3.08. The molecule has 1 aliphatic heterocycles. The van der Waals surface area contributed by atoms with Gasteiger partial charge in [0.1, 0.15) is 0 Å². The van der Waals surface area contributed by atoms with Crippen molar-refractivity contribution in [1.82, 2.24) is 15.0 Å². The molecule has 0 aliphatic carbocycles. The number of fused-ring (bicyclic) bond motifs is 2. The molecule has 0 bridgehead atoms. The number of pyridine rings is 1. The molecule has 8 heteroatoms. The van der Waals surface area contributed by atoms with E-state index in [9.17, 15) is 0 Å². The van der Waals surface area contributed by atoms with E-state index in [1.54, 1.807) is 11.8 Å². The van der Waals surface area contributed by atoms with E-state index in [-0.39, 0.29) is 37.2 Å². The van der Waals surface area contributed by atoms with Gasteiger partial charge in [0.25, 0.3) is 0 Å². The van der Waals surface area contributed by atoms with E-state index >= 15 is 0 Å². The van der Waals surface area contributed by atoms with Gasteiger partial charge in [-0.3, -0.25) is 4.98 Å². The van der Waals surface area contributed by atoms with Gasteiger partial charge in [0, 0.05) is 24.2 Å². The van der Waals surface area contributed by atoms with Crippen molar-refractivity contribution in [2.75, 3.05) is 11.9 Å². The Morgan fingerprint density at radius 2 is 2.00 bits per heavy atom.